The van der Waals surface area contributed by atoms with Gasteiger partial charge in [-0.1, -0.05) is 53.7 Å². The minimum absolute atomic E-state index is 0.160. The van der Waals surface area contributed by atoms with Crippen molar-refractivity contribution in [3.8, 4) is 22.5 Å². The Kier molecular flexibility index (Phi) is 5.36. The molecule has 32 heavy (non-hydrogen) atoms. The number of rotatable bonds is 5. The SMILES string of the molecule is Cc1ccc(-c2c(C)sc3nc(CSc4n[nH]c(-c5ccccc5F)n4)[nH]c(=O)c23)cc1. The van der Waals surface area contributed by atoms with Crippen molar-refractivity contribution in [3.63, 3.8) is 0 Å². The third kappa shape index (κ3) is 3.85. The van der Waals surface area contributed by atoms with E-state index in [9.17, 15) is 9.18 Å². The van der Waals surface area contributed by atoms with Crippen LogP contribution in [0.5, 0.6) is 0 Å². The van der Waals surface area contributed by atoms with Crippen molar-refractivity contribution in [1.82, 2.24) is 25.1 Å². The van der Waals surface area contributed by atoms with Crippen LogP contribution in [0.2, 0.25) is 0 Å². The van der Waals surface area contributed by atoms with Gasteiger partial charge >= 0.3 is 0 Å². The molecule has 0 saturated carbocycles. The van der Waals surface area contributed by atoms with Crippen LogP contribution >= 0.6 is 23.1 Å². The molecular formula is C23H18FN5OS2. The van der Waals surface area contributed by atoms with E-state index in [1.54, 1.807) is 18.2 Å². The molecule has 0 aliphatic heterocycles. The predicted octanol–water partition coefficient (Wildman–Crippen LogP) is 5.48. The fourth-order valence-electron chi connectivity index (χ4n) is 3.52. The number of fused-ring (bicyclic) bond motifs is 1. The lowest BCUT2D eigenvalue weighted by atomic mass is 10.0. The van der Waals surface area contributed by atoms with Gasteiger partial charge in [-0.3, -0.25) is 9.89 Å². The second kappa shape index (κ2) is 8.33. The summed E-state index contributed by atoms with van der Waals surface area (Å²) in [7, 11) is 0. The van der Waals surface area contributed by atoms with Crippen LogP contribution in [0, 0.1) is 19.7 Å². The number of nitrogens with one attached hydrogen (secondary N) is 2. The highest BCUT2D eigenvalue weighted by Crippen LogP contribution is 2.36. The Balaban J connectivity index is 1.41. The van der Waals surface area contributed by atoms with E-state index >= 15 is 0 Å². The molecule has 9 heteroatoms. The third-order valence-electron chi connectivity index (χ3n) is 5.06. The molecule has 0 spiro atoms. The van der Waals surface area contributed by atoms with Crippen molar-refractivity contribution in [3.05, 3.63) is 81.0 Å². The number of aromatic amines is 2. The number of thiophene rings is 1. The summed E-state index contributed by atoms with van der Waals surface area (Å²) >= 11 is 2.83. The molecule has 3 heterocycles. The summed E-state index contributed by atoms with van der Waals surface area (Å²) in [6.07, 6.45) is 0. The van der Waals surface area contributed by atoms with Crippen molar-refractivity contribution in [2.45, 2.75) is 24.8 Å². The maximum Gasteiger partial charge on any atom is 0.260 e. The monoisotopic (exact) mass is 463 g/mol. The van der Waals surface area contributed by atoms with Crippen LogP contribution in [0.3, 0.4) is 0 Å². The smallest absolute Gasteiger partial charge is 0.260 e. The molecule has 2 N–H and O–H groups in total. The molecule has 0 atom stereocenters. The quantitative estimate of drug-likeness (QED) is 0.337. The second-order valence-electron chi connectivity index (χ2n) is 7.33. The van der Waals surface area contributed by atoms with Crippen molar-refractivity contribution in [2.75, 3.05) is 0 Å². The van der Waals surface area contributed by atoms with Gasteiger partial charge in [0.05, 0.1) is 16.7 Å². The second-order valence-corrected chi connectivity index (χ2v) is 9.47. The topological polar surface area (TPSA) is 87.3 Å². The summed E-state index contributed by atoms with van der Waals surface area (Å²) in [5, 5.41) is 7.97. The maximum absolute atomic E-state index is 14.0. The Hall–Kier alpha value is -3.30. The fraction of sp³-hybridized carbons (Fsp3) is 0.130. The van der Waals surface area contributed by atoms with Gasteiger partial charge in [0.25, 0.3) is 5.56 Å². The Labute approximate surface area is 191 Å². The maximum atomic E-state index is 14.0. The van der Waals surface area contributed by atoms with E-state index in [0.29, 0.717) is 38.3 Å². The van der Waals surface area contributed by atoms with E-state index in [1.165, 1.54) is 34.7 Å². The molecule has 6 nitrogen and oxygen atoms in total. The highest BCUT2D eigenvalue weighted by Gasteiger charge is 2.17. The van der Waals surface area contributed by atoms with Gasteiger partial charge in [0.1, 0.15) is 16.5 Å². The minimum Gasteiger partial charge on any atom is -0.309 e. The molecule has 0 fully saturated rings. The Morgan fingerprint density at radius 2 is 1.84 bits per heavy atom. The summed E-state index contributed by atoms with van der Waals surface area (Å²) in [6.45, 7) is 4.04. The molecule has 0 saturated heterocycles. The van der Waals surface area contributed by atoms with Gasteiger partial charge < -0.3 is 4.98 Å². The molecule has 3 aromatic heterocycles. The molecule has 0 bridgehead atoms. The number of benzene rings is 2. The molecule has 5 rings (SSSR count). The first-order valence-electron chi connectivity index (χ1n) is 9.89. The average molecular weight is 464 g/mol. The van der Waals surface area contributed by atoms with Gasteiger partial charge in [0, 0.05) is 10.4 Å². The highest BCUT2D eigenvalue weighted by atomic mass is 32.2. The first kappa shape index (κ1) is 20.6. The lowest BCUT2D eigenvalue weighted by molar-refractivity contribution is 0.630. The first-order valence-corrected chi connectivity index (χ1v) is 11.7. The number of aryl methyl sites for hydroxylation is 2. The van der Waals surface area contributed by atoms with Crippen molar-refractivity contribution in [1.29, 1.82) is 0 Å². The fourth-order valence-corrected chi connectivity index (χ4v) is 5.25. The average Bonchev–Trinajstić information content (AvgIpc) is 3.37. The zero-order chi connectivity index (χ0) is 22.2. The molecular weight excluding hydrogens is 445 g/mol. The van der Waals surface area contributed by atoms with Gasteiger partial charge in [0.15, 0.2) is 5.82 Å². The molecule has 0 radical (unpaired) electrons. The van der Waals surface area contributed by atoms with E-state index in [2.05, 4.69) is 25.1 Å². The van der Waals surface area contributed by atoms with Crippen LogP contribution in [0.25, 0.3) is 32.7 Å². The lowest BCUT2D eigenvalue weighted by Gasteiger charge is -2.03. The predicted molar refractivity (Wildman–Crippen MR) is 126 cm³/mol. The molecule has 5 aromatic rings. The summed E-state index contributed by atoms with van der Waals surface area (Å²) in [6, 6.07) is 14.5. The van der Waals surface area contributed by atoms with Crippen LogP contribution in [0.4, 0.5) is 4.39 Å². The standard InChI is InChI=1S/C23H18FN5OS2/c1-12-7-9-14(10-8-12)18-13(2)32-22-19(18)21(30)25-17(26-22)11-31-23-27-20(28-29-23)15-5-3-4-6-16(15)24/h3-10H,11H2,1-2H3,(H,25,26,30)(H,27,28,29). The van der Waals surface area contributed by atoms with E-state index < -0.39 is 0 Å². The van der Waals surface area contributed by atoms with Crippen LogP contribution in [-0.2, 0) is 5.75 Å². The van der Waals surface area contributed by atoms with Gasteiger partial charge in [-0.05, 0) is 31.5 Å². The van der Waals surface area contributed by atoms with Crippen molar-refractivity contribution >= 4 is 33.3 Å². The number of hydrogen-bond acceptors (Lipinski definition) is 6. The highest BCUT2D eigenvalue weighted by molar-refractivity contribution is 7.98. The zero-order valence-corrected chi connectivity index (χ0v) is 18.9. The largest absolute Gasteiger partial charge is 0.309 e. The minimum atomic E-state index is -0.367. The molecule has 160 valence electrons. The van der Waals surface area contributed by atoms with Crippen LogP contribution < -0.4 is 5.56 Å². The van der Waals surface area contributed by atoms with E-state index in [0.717, 1.165) is 16.0 Å². The van der Waals surface area contributed by atoms with Crippen molar-refractivity contribution < 1.29 is 4.39 Å². The zero-order valence-electron chi connectivity index (χ0n) is 17.3. The van der Waals surface area contributed by atoms with E-state index in [4.69, 9.17) is 0 Å². The summed E-state index contributed by atoms with van der Waals surface area (Å²) in [4.78, 5) is 26.6. The number of hydrogen-bond donors (Lipinski definition) is 2. The summed E-state index contributed by atoms with van der Waals surface area (Å²) in [5.74, 6) is 0.922. The van der Waals surface area contributed by atoms with Gasteiger partial charge in [-0.25, -0.2) is 14.4 Å². The van der Waals surface area contributed by atoms with E-state index in [1.807, 2.05) is 38.1 Å². The Bertz CT molecular complexity index is 1490. The normalized spacial score (nSPS) is 11.3. The number of nitrogens with zero attached hydrogens (tertiary/aromatic N) is 3. The Morgan fingerprint density at radius 1 is 1.06 bits per heavy atom. The van der Waals surface area contributed by atoms with E-state index in [-0.39, 0.29) is 11.4 Å². The van der Waals surface area contributed by atoms with Gasteiger partial charge in [0.2, 0.25) is 5.16 Å². The number of aromatic nitrogens is 5. The van der Waals surface area contributed by atoms with Crippen molar-refractivity contribution in [2.24, 2.45) is 0 Å². The van der Waals surface area contributed by atoms with Gasteiger partial charge in [-0.15, -0.1) is 16.4 Å². The molecule has 2 aromatic carbocycles. The molecule has 0 aliphatic carbocycles. The number of thioether (sulfide) groups is 1. The van der Waals surface area contributed by atoms with Gasteiger partial charge in [-0.2, -0.15) is 0 Å². The Morgan fingerprint density at radius 3 is 2.62 bits per heavy atom. The number of H-pyrrole nitrogens is 2. The summed E-state index contributed by atoms with van der Waals surface area (Å²) in [5.41, 5.74) is 3.31. The lowest BCUT2D eigenvalue weighted by Crippen LogP contribution is -2.10. The third-order valence-corrected chi connectivity index (χ3v) is 6.92. The van der Waals surface area contributed by atoms with Crippen LogP contribution in [-0.4, -0.2) is 25.1 Å². The molecule has 0 unspecified atom stereocenters. The van der Waals surface area contributed by atoms with Crippen LogP contribution in [0.1, 0.15) is 16.3 Å². The molecule has 0 amide bonds. The summed E-state index contributed by atoms with van der Waals surface area (Å²) < 4.78 is 14.0. The van der Waals surface area contributed by atoms with Crippen LogP contribution in [0.15, 0.2) is 58.5 Å². The number of halogens is 1. The molecule has 0 aliphatic rings. The first-order chi connectivity index (χ1) is 15.5.